The Labute approximate surface area is 245 Å². The van der Waals surface area contributed by atoms with Crippen LogP contribution in [0.3, 0.4) is 0 Å². The Morgan fingerprint density at radius 2 is 1.62 bits per heavy atom. The number of aromatic nitrogens is 1. The van der Waals surface area contributed by atoms with Crippen molar-refractivity contribution in [1.29, 1.82) is 0 Å². The first-order chi connectivity index (χ1) is 20.2. The number of hydrogen-bond donors (Lipinski definition) is 2. The van der Waals surface area contributed by atoms with Crippen molar-refractivity contribution in [1.82, 2.24) is 9.88 Å². The molecular weight excluding hydrogens is 526 g/mol. The van der Waals surface area contributed by atoms with E-state index in [1.54, 1.807) is 7.11 Å². The molecule has 1 aromatic heterocycles. The number of fused-ring (bicyclic) bond motifs is 2. The van der Waals surface area contributed by atoms with Gasteiger partial charge < -0.3 is 19.4 Å². The number of anilines is 1. The van der Waals surface area contributed by atoms with Crippen molar-refractivity contribution in [2.24, 2.45) is 0 Å². The molecule has 0 radical (unpaired) electrons. The van der Waals surface area contributed by atoms with Crippen LogP contribution < -0.4 is 10.1 Å². The van der Waals surface area contributed by atoms with E-state index in [1.165, 1.54) is 0 Å². The van der Waals surface area contributed by atoms with E-state index in [2.05, 4.69) is 22.4 Å². The minimum absolute atomic E-state index is 0.0374. The molecule has 0 aliphatic carbocycles. The van der Waals surface area contributed by atoms with Crippen LogP contribution in [0.2, 0.25) is 0 Å². The molecule has 0 bridgehead atoms. The lowest BCUT2D eigenvalue weighted by molar-refractivity contribution is 0.0635. The first-order valence-corrected chi connectivity index (χ1v) is 13.9. The standard InChI is InChI=1S/C35H33N3O4/c1-35(2,3)42-34(40)36-26-17-15-22(16-18-26)23-13-14-25-21-38(33(39)28(25)19-23)32(27-10-6-8-12-31(27)41-4)30-20-24-9-5-7-11-29(24)37-30/h5-20,32,37H,21H2,1-4H3,(H,36,40)/t32-/m1/s1. The molecule has 0 fully saturated rings. The number of ether oxygens (including phenoxy) is 2. The van der Waals surface area contributed by atoms with Crippen LogP contribution in [0.4, 0.5) is 10.5 Å². The minimum atomic E-state index is -0.576. The van der Waals surface area contributed by atoms with Crippen LogP contribution in [0, 0.1) is 0 Å². The zero-order valence-corrected chi connectivity index (χ0v) is 24.1. The molecule has 0 spiro atoms. The third-order valence-corrected chi connectivity index (χ3v) is 7.40. The molecular formula is C35H33N3O4. The highest BCUT2D eigenvalue weighted by Crippen LogP contribution is 2.41. The molecule has 5 aromatic rings. The van der Waals surface area contributed by atoms with Crippen molar-refractivity contribution in [2.45, 2.75) is 39.0 Å². The van der Waals surface area contributed by atoms with Gasteiger partial charge in [-0.3, -0.25) is 10.1 Å². The van der Waals surface area contributed by atoms with E-state index in [1.807, 2.05) is 111 Å². The van der Waals surface area contributed by atoms with Gasteiger partial charge in [-0.15, -0.1) is 0 Å². The summed E-state index contributed by atoms with van der Waals surface area (Å²) in [4.78, 5) is 31.7. The van der Waals surface area contributed by atoms with Crippen molar-refractivity contribution in [3.63, 3.8) is 0 Å². The number of benzene rings is 4. The summed E-state index contributed by atoms with van der Waals surface area (Å²) in [5, 5.41) is 3.85. The first-order valence-electron chi connectivity index (χ1n) is 13.9. The van der Waals surface area contributed by atoms with Gasteiger partial charge in [-0.25, -0.2) is 4.79 Å². The van der Waals surface area contributed by atoms with Gasteiger partial charge >= 0.3 is 6.09 Å². The fourth-order valence-corrected chi connectivity index (χ4v) is 5.52. The zero-order valence-electron chi connectivity index (χ0n) is 24.1. The largest absolute Gasteiger partial charge is 0.496 e. The first kappa shape index (κ1) is 27.1. The van der Waals surface area contributed by atoms with Gasteiger partial charge in [0.25, 0.3) is 5.91 Å². The number of para-hydroxylation sites is 2. The van der Waals surface area contributed by atoms with E-state index in [0.717, 1.165) is 44.6 Å². The normalized spacial score (nSPS) is 13.6. The molecule has 7 nitrogen and oxygen atoms in total. The second-order valence-electron chi connectivity index (χ2n) is 11.5. The van der Waals surface area contributed by atoms with Gasteiger partial charge in [0.1, 0.15) is 17.4 Å². The number of amides is 2. The monoisotopic (exact) mass is 559 g/mol. The van der Waals surface area contributed by atoms with E-state index >= 15 is 0 Å². The Bertz CT molecular complexity index is 1750. The molecule has 0 unspecified atom stereocenters. The quantitative estimate of drug-likeness (QED) is 0.221. The molecule has 0 saturated carbocycles. The van der Waals surface area contributed by atoms with Crippen molar-refractivity contribution in [3.8, 4) is 16.9 Å². The fraction of sp³-hybridized carbons (Fsp3) is 0.200. The predicted molar refractivity (Wildman–Crippen MR) is 165 cm³/mol. The Morgan fingerprint density at radius 3 is 2.36 bits per heavy atom. The van der Waals surface area contributed by atoms with Crippen molar-refractivity contribution in [3.05, 3.63) is 119 Å². The maximum atomic E-state index is 14.1. The zero-order chi connectivity index (χ0) is 29.4. The lowest BCUT2D eigenvalue weighted by Crippen LogP contribution is -2.30. The number of nitrogens with one attached hydrogen (secondary N) is 2. The summed E-state index contributed by atoms with van der Waals surface area (Å²) < 4.78 is 11.1. The average Bonchev–Trinajstić information content (AvgIpc) is 3.54. The number of carbonyl (C=O) groups excluding carboxylic acids is 2. The highest BCUT2D eigenvalue weighted by atomic mass is 16.6. The highest BCUT2D eigenvalue weighted by Gasteiger charge is 2.36. The molecule has 1 atom stereocenters. The van der Waals surface area contributed by atoms with Crippen molar-refractivity contribution < 1.29 is 19.1 Å². The van der Waals surface area contributed by atoms with Crippen LogP contribution in [0.15, 0.2) is 97.1 Å². The van der Waals surface area contributed by atoms with Crippen LogP contribution in [-0.4, -0.2) is 34.6 Å². The Kier molecular flexibility index (Phi) is 6.94. The van der Waals surface area contributed by atoms with Gasteiger partial charge in [0.05, 0.1) is 7.11 Å². The van der Waals surface area contributed by atoms with Gasteiger partial charge in [-0.1, -0.05) is 60.7 Å². The van der Waals surface area contributed by atoms with Gasteiger partial charge in [0.15, 0.2) is 0 Å². The molecule has 2 heterocycles. The summed E-state index contributed by atoms with van der Waals surface area (Å²) in [6.07, 6.45) is -0.502. The summed E-state index contributed by atoms with van der Waals surface area (Å²) in [6.45, 7) is 5.95. The average molecular weight is 560 g/mol. The van der Waals surface area contributed by atoms with Crippen LogP contribution in [0.5, 0.6) is 5.75 Å². The third-order valence-electron chi connectivity index (χ3n) is 7.40. The second kappa shape index (κ2) is 10.7. The summed E-state index contributed by atoms with van der Waals surface area (Å²) in [7, 11) is 1.65. The Morgan fingerprint density at radius 1 is 0.905 bits per heavy atom. The van der Waals surface area contributed by atoms with E-state index < -0.39 is 11.7 Å². The molecule has 42 heavy (non-hydrogen) atoms. The Balaban J connectivity index is 1.30. The smallest absolute Gasteiger partial charge is 0.412 e. The minimum Gasteiger partial charge on any atom is -0.496 e. The summed E-state index contributed by atoms with van der Waals surface area (Å²) in [5.74, 6) is 0.690. The SMILES string of the molecule is COc1ccccc1[C@H](c1cc2ccccc2[nH]1)N1Cc2ccc(-c3ccc(NC(=O)OC(C)(C)C)cc3)cc2C1=O. The van der Waals surface area contributed by atoms with E-state index in [4.69, 9.17) is 9.47 Å². The number of aromatic amines is 1. The highest BCUT2D eigenvalue weighted by molar-refractivity contribution is 6.00. The van der Waals surface area contributed by atoms with E-state index in [-0.39, 0.29) is 11.9 Å². The molecule has 7 heteroatoms. The van der Waals surface area contributed by atoms with Crippen LogP contribution in [-0.2, 0) is 11.3 Å². The molecule has 2 amide bonds. The van der Waals surface area contributed by atoms with E-state index in [9.17, 15) is 9.59 Å². The maximum Gasteiger partial charge on any atom is 0.412 e. The molecule has 6 rings (SSSR count). The number of methoxy groups -OCH3 is 1. The summed E-state index contributed by atoms with van der Waals surface area (Å²) >= 11 is 0. The Hall–Kier alpha value is -5.04. The van der Waals surface area contributed by atoms with Crippen LogP contribution >= 0.6 is 0 Å². The third kappa shape index (κ3) is 5.33. The lowest BCUT2D eigenvalue weighted by atomic mass is 10.00. The summed E-state index contributed by atoms with van der Waals surface area (Å²) in [6, 6.07) is 31.2. The predicted octanol–water partition coefficient (Wildman–Crippen LogP) is 7.94. The van der Waals surface area contributed by atoms with E-state index in [0.29, 0.717) is 17.8 Å². The molecule has 0 saturated heterocycles. The maximum absolute atomic E-state index is 14.1. The lowest BCUT2D eigenvalue weighted by Gasteiger charge is -2.29. The molecule has 1 aliphatic rings. The number of hydrogen-bond acceptors (Lipinski definition) is 4. The van der Waals surface area contributed by atoms with Gasteiger partial charge in [-0.2, -0.15) is 0 Å². The fourth-order valence-electron chi connectivity index (χ4n) is 5.52. The van der Waals surface area contributed by atoms with Crippen molar-refractivity contribution >= 4 is 28.6 Å². The topological polar surface area (TPSA) is 83.7 Å². The number of nitrogens with zero attached hydrogens (tertiary/aromatic N) is 1. The van der Waals surface area contributed by atoms with Gasteiger partial charge in [0.2, 0.25) is 0 Å². The number of H-pyrrole nitrogens is 1. The van der Waals surface area contributed by atoms with Crippen LogP contribution in [0.1, 0.15) is 54.0 Å². The number of rotatable bonds is 6. The molecule has 4 aromatic carbocycles. The van der Waals surface area contributed by atoms with Gasteiger partial charge in [-0.05, 0) is 79.2 Å². The number of carbonyl (C=O) groups is 2. The molecule has 1 aliphatic heterocycles. The van der Waals surface area contributed by atoms with Gasteiger partial charge in [0, 0.05) is 34.6 Å². The molecule has 212 valence electrons. The summed E-state index contributed by atoms with van der Waals surface area (Å²) in [5.41, 5.74) is 6.44. The van der Waals surface area contributed by atoms with Crippen LogP contribution in [0.25, 0.3) is 22.0 Å². The molecule has 2 N–H and O–H groups in total. The second-order valence-corrected chi connectivity index (χ2v) is 11.5. The van der Waals surface area contributed by atoms with Crippen molar-refractivity contribution in [2.75, 3.05) is 12.4 Å².